The maximum atomic E-state index is 12.7. The minimum absolute atomic E-state index is 0.174. The van der Waals surface area contributed by atoms with Crippen LogP contribution in [0.25, 0.3) is 0 Å². The molecule has 0 bridgehead atoms. The molecule has 2 unspecified atom stereocenters. The number of hydrogen-bond donors (Lipinski definition) is 2. The number of carbonyl (C=O) groups is 2. The smallest absolute Gasteiger partial charge is 0.326 e. The van der Waals surface area contributed by atoms with Gasteiger partial charge in [0.2, 0.25) is 0 Å². The first-order valence-corrected chi connectivity index (χ1v) is 5.75. The maximum Gasteiger partial charge on any atom is 0.326 e. The van der Waals surface area contributed by atoms with Gasteiger partial charge in [-0.2, -0.15) is 0 Å². The lowest BCUT2D eigenvalue weighted by atomic mass is 9.99. The van der Waals surface area contributed by atoms with Gasteiger partial charge in [-0.15, -0.1) is 0 Å². The van der Waals surface area contributed by atoms with E-state index in [1.165, 1.54) is 12.1 Å². The summed E-state index contributed by atoms with van der Waals surface area (Å²) < 4.78 is 12.7. The fourth-order valence-corrected chi connectivity index (χ4v) is 1.51. The molecule has 0 aliphatic carbocycles. The SMILES string of the molecule is CCC(C)C(NC(=O)c1ccc(F)cc1)C(=O)O. The van der Waals surface area contributed by atoms with Crippen molar-refractivity contribution in [3.8, 4) is 0 Å². The van der Waals surface area contributed by atoms with Crippen molar-refractivity contribution in [2.75, 3.05) is 0 Å². The summed E-state index contributed by atoms with van der Waals surface area (Å²) in [6, 6.07) is 4.02. The van der Waals surface area contributed by atoms with Crippen LogP contribution in [0.2, 0.25) is 0 Å². The molecule has 0 aliphatic rings. The van der Waals surface area contributed by atoms with Gasteiger partial charge in [0.15, 0.2) is 0 Å². The molecule has 2 atom stereocenters. The van der Waals surface area contributed by atoms with Crippen molar-refractivity contribution in [1.29, 1.82) is 0 Å². The summed E-state index contributed by atoms with van der Waals surface area (Å²) in [6.07, 6.45) is 0.640. The standard InChI is InChI=1S/C13H16FNO3/c1-3-8(2)11(13(17)18)15-12(16)9-4-6-10(14)7-5-9/h4-8,11H,3H2,1-2H3,(H,15,16)(H,17,18). The average Bonchev–Trinajstić information content (AvgIpc) is 2.35. The van der Waals surface area contributed by atoms with Crippen LogP contribution in [0, 0.1) is 11.7 Å². The lowest BCUT2D eigenvalue weighted by Crippen LogP contribution is -2.45. The number of benzene rings is 1. The second-order valence-corrected chi connectivity index (χ2v) is 4.18. The molecule has 18 heavy (non-hydrogen) atoms. The molecule has 1 rings (SSSR count). The van der Waals surface area contributed by atoms with E-state index in [0.29, 0.717) is 6.42 Å². The number of carboxylic acids is 1. The third-order valence-corrected chi connectivity index (χ3v) is 2.87. The quantitative estimate of drug-likeness (QED) is 0.844. The number of hydrogen-bond acceptors (Lipinski definition) is 2. The second kappa shape index (κ2) is 6.14. The van der Waals surface area contributed by atoms with E-state index in [0.717, 1.165) is 12.1 Å². The lowest BCUT2D eigenvalue weighted by Gasteiger charge is -2.20. The van der Waals surface area contributed by atoms with Crippen LogP contribution in [0.5, 0.6) is 0 Å². The van der Waals surface area contributed by atoms with Gasteiger partial charge in [-0.3, -0.25) is 4.79 Å². The predicted molar refractivity (Wildman–Crippen MR) is 64.7 cm³/mol. The molecule has 0 aromatic heterocycles. The molecule has 0 fully saturated rings. The highest BCUT2D eigenvalue weighted by atomic mass is 19.1. The number of rotatable bonds is 5. The molecule has 0 saturated carbocycles. The first-order chi connectivity index (χ1) is 8.45. The first-order valence-electron chi connectivity index (χ1n) is 5.75. The zero-order valence-electron chi connectivity index (χ0n) is 10.3. The Labute approximate surface area is 105 Å². The molecule has 0 aliphatic heterocycles. The highest BCUT2D eigenvalue weighted by Gasteiger charge is 2.25. The predicted octanol–water partition coefficient (Wildman–Crippen LogP) is 2.05. The maximum absolute atomic E-state index is 12.7. The zero-order valence-corrected chi connectivity index (χ0v) is 10.3. The van der Waals surface area contributed by atoms with Gasteiger partial charge in [0.25, 0.3) is 5.91 Å². The summed E-state index contributed by atoms with van der Waals surface area (Å²) in [5.74, 6) is -2.20. The number of carbonyl (C=O) groups excluding carboxylic acids is 1. The Morgan fingerprint density at radius 1 is 1.33 bits per heavy atom. The van der Waals surface area contributed by atoms with Gasteiger partial charge < -0.3 is 10.4 Å². The molecule has 1 aromatic rings. The van der Waals surface area contributed by atoms with E-state index in [1.54, 1.807) is 6.92 Å². The van der Waals surface area contributed by atoms with Gasteiger partial charge in [0.05, 0.1) is 0 Å². The molecule has 2 N–H and O–H groups in total. The topological polar surface area (TPSA) is 66.4 Å². The fraction of sp³-hybridized carbons (Fsp3) is 0.385. The van der Waals surface area contributed by atoms with Crippen molar-refractivity contribution in [2.24, 2.45) is 5.92 Å². The highest BCUT2D eigenvalue weighted by Crippen LogP contribution is 2.10. The Morgan fingerprint density at radius 3 is 2.33 bits per heavy atom. The van der Waals surface area contributed by atoms with E-state index < -0.39 is 23.7 Å². The second-order valence-electron chi connectivity index (χ2n) is 4.18. The molecule has 4 nitrogen and oxygen atoms in total. The van der Waals surface area contributed by atoms with Crippen LogP contribution in [0.15, 0.2) is 24.3 Å². The normalized spacial score (nSPS) is 13.7. The third kappa shape index (κ3) is 3.55. The van der Waals surface area contributed by atoms with Crippen molar-refractivity contribution < 1.29 is 19.1 Å². The molecule has 0 radical (unpaired) electrons. The molecule has 1 aromatic carbocycles. The van der Waals surface area contributed by atoms with Crippen molar-refractivity contribution in [3.05, 3.63) is 35.6 Å². The molecule has 0 saturated heterocycles. The van der Waals surface area contributed by atoms with Crippen LogP contribution in [-0.2, 0) is 4.79 Å². The summed E-state index contributed by atoms with van der Waals surface area (Å²) in [4.78, 5) is 22.8. The number of nitrogens with one attached hydrogen (secondary N) is 1. The molecular formula is C13H16FNO3. The third-order valence-electron chi connectivity index (χ3n) is 2.87. The number of halogens is 1. The Morgan fingerprint density at radius 2 is 1.89 bits per heavy atom. The van der Waals surface area contributed by atoms with Gasteiger partial charge in [-0.25, -0.2) is 9.18 Å². The van der Waals surface area contributed by atoms with Crippen LogP contribution in [0.4, 0.5) is 4.39 Å². The number of carboxylic acid groups (broad SMARTS) is 1. The van der Waals surface area contributed by atoms with Gasteiger partial charge >= 0.3 is 5.97 Å². The Balaban J connectivity index is 2.78. The molecule has 0 heterocycles. The van der Waals surface area contributed by atoms with Crippen LogP contribution in [-0.4, -0.2) is 23.0 Å². The van der Waals surface area contributed by atoms with Crippen LogP contribution >= 0.6 is 0 Å². The van der Waals surface area contributed by atoms with Crippen molar-refractivity contribution >= 4 is 11.9 Å². The van der Waals surface area contributed by atoms with E-state index in [-0.39, 0.29) is 11.5 Å². The summed E-state index contributed by atoms with van der Waals surface area (Å²) in [5.41, 5.74) is 0.242. The number of amides is 1. The highest BCUT2D eigenvalue weighted by molar-refractivity contribution is 5.96. The van der Waals surface area contributed by atoms with E-state index in [1.807, 2.05) is 6.92 Å². The van der Waals surface area contributed by atoms with Gasteiger partial charge in [-0.05, 0) is 30.2 Å². The molecular weight excluding hydrogens is 237 g/mol. The van der Waals surface area contributed by atoms with E-state index in [4.69, 9.17) is 5.11 Å². The zero-order chi connectivity index (χ0) is 13.7. The van der Waals surface area contributed by atoms with Crippen LogP contribution < -0.4 is 5.32 Å². The van der Waals surface area contributed by atoms with Crippen molar-refractivity contribution in [2.45, 2.75) is 26.3 Å². The molecule has 5 heteroatoms. The Hall–Kier alpha value is -1.91. The van der Waals surface area contributed by atoms with E-state index in [9.17, 15) is 14.0 Å². The first kappa shape index (κ1) is 14.2. The van der Waals surface area contributed by atoms with Gasteiger partial charge in [-0.1, -0.05) is 20.3 Å². The Bertz CT molecular complexity index is 430. The lowest BCUT2D eigenvalue weighted by molar-refractivity contribution is -0.140. The monoisotopic (exact) mass is 253 g/mol. The largest absolute Gasteiger partial charge is 0.480 e. The number of aliphatic carboxylic acids is 1. The van der Waals surface area contributed by atoms with Gasteiger partial charge in [0, 0.05) is 5.56 Å². The van der Waals surface area contributed by atoms with Gasteiger partial charge in [0.1, 0.15) is 11.9 Å². The van der Waals surface area contributed by atoms with Crippen molar-refractivity contribution in [3.63, 3.8) is 0 Å². The summed E-state index contributed by atoms with van der Waals surface area (Å²) in [6.45, 7) is 3.61. The summed E-state index contributed by atoms with van der Waals surface area (Å²) in [7, 11) is 0. The van der Waals surface area contributed by atoms with Crippen molar-refractivity contribution in [1.82, 2.24) is 5.32 Å². The average molecular weight is 253 g/mol. The van der Waals surface area contributed by atoms with E-state index >= 15 is 0 Å². The van der Waals surface area contributed by atoms with E-state index in [2.05, 4.69) is 5.32 Å². The molecule has 1 amide bonds. The van der Waals surface area contributed by atoms with Crippen LogP contribution in [0.3, 0.4) is 0 Å². The minimum Gasteiger partial charge on any atom is -0.480 e. The Kier molecular flexibility index (Phi) is 4.83. The molecule has 0 spiro atoms. The fourth-order valence-electron chi connectivity index (χ4n) is 1.51. The summed E-state index contributed by atoms with van der Waals surface area (Å²) in [5, 5.41) is 11.5. The molecule has 98 valence electrons. The summed E-state index contributed by atoms with van der Waals surface area (Å²) >= 11 is 0. The minimum atomic E-state index is -1.07. The van der Waals surface area contributed by atoms with Crippen LogP contribution in [0.1, 0.15) is 30.6 Å².